The van der Waals surface area contributed by atoms with Gasteiger partial charge in [-0.15, -0.1) is 16.4 Å². The zero-order valence-electron chi connectivity index (χ0n) is 16.5. The van der Waals surface area contributed by atoms with Crippen molar-refractivity contribution in [2.24, 2.45) is 0 Å². The maximum Gasteiger partial charge on any atom is 0.322 e. The topological polar surface area (TPSA) is 95.7 Å². The molecule has 0 aliphatic rings. The van der Waals surface area contributed by atoms with Crippen LogP contribution < -0.4 is 19.5 Å². The molecule has 8 nitrogen and oxygen atoms in total. The summed E-state index contributed by atoms with van der Waals surface area (Å²) in [5.41, 5.74) is 0.778. The van der Waals surface area contributed by atoms with E-state index in [0.717, 1.165) is 11.3 Å². The maximum absolute atomic E-state index is 12.4. The number of hydrogen-bond donors (Lipinski definition) is 1. The molecule has 3 rings (SSSR count). The average molecular weight is 472 g/mol. The molecule has 1 N–H and O–H groups in total. The Balaban J connectivity index is 1.89. The van der Waals surface area contributed by atoms with E-state index in [4.69, 9.17) is 41.8 Å². The van der Waals surface area contributed by atoms with E-state index in [9.17, 15) is 4.79 Å². The van der Waals surface area contributed by atoms with Crippen LogP contribution in [0.5, 0.6) is 17.2 Å². The van der Waals surface area contributed by atoms with Gasteiger partial charge in [0.25, 0.3) is 5.91 Å². The molecule has 0 aliphatic carbocycles. The molecule has 1 amide bonds. The second-order valence-corrected chi connectivity index (χ2v) is 7.99. The van der Waals surface area contributed by atoms with Gasteiger partial charge in [0.1, 0.15) is 4.34 Å². The summed E-state index contributed by atoms with van der Waals surface area (Å²) in [5, 5.41) is 10.4. The van der Waals surface area contributed by atoms with Gasteiger partial charge in [0.2, 0.25) is 11.6 Å². The Kier molecular flexibility index (Phi) is 7.41. The minimum absolute atomic E-state index is 0.0850. The second kappa shape index (κ2) is 10.0. The van der Waals surface area contributed by atoms with E-state index in [1.165, 1.54) is 6.07 Å². The predicted octanol–water partition coefficient (Wildman–Crippen LogP) is 5.55. The number of hydrogen-bond acceptors (Lipinski definition) is 8. The van der Waals surface area contributed by atoms with Crippen LogP contribution in [0.1, 0.15) is 31.1 Å². The molecule has 0 fully saturated rings. The highest BCUT2D eigenvalue weighted by Crippen LogP contribution is 2.42. The SMILES string of the molecule is CCOc1cc(-c2nnc(NC(=O)c3cc(Cl)sc3Cl)o2)cc(OCC)c1OCC. The van der Waals surface area contributed by atoms with E-state index >= 15 is 0 Å². The molecule has 0 aliphatic heterocycles. The van der Waals surface area contributed by atoms with E-state index < -0.39 is 5.91 Å². The van der Waals surface area contributed by atoms with Crippen molar-refractivity contribution in [2.45, 2.75) is 20.8 Å². The number of ether oxygens (including phenoxy) is 3. The van der Waals surface area contributed by atoms with Crippen molar-refractivity contribution >= 4 is 46.5 Å². The fourth-order valence-corrected chi connectivity index (χ4v) is 4.02. The highest BCUT2D eigenvalue weighted by molar-refractivity contribution is 7.20. The number of anilines is 1. The molecule has 0 bridgehead atoms. The first-order valence-electron chi connectivity index (χ1n) is 9.13. The first-order chi connectivity index (χ1) is 14.5. The van der Waals surface area contributed by atoms with Crippen LogP contribution in [0.25, 0.3) is 11.5 Å². The summed E-state index contributed by atoms with van der Waals surface area (Å²) in [6.45, 7) is 6.93. The van der Waals surface area contributed by atoms with Crippen LogP contribution in [0.3, 0.4) is 0 Å². The van der Waals surface area contributed by atoms with Gasteiger partial charge in [-0.25, -0.2) is 0 Å². The van der Waals surface area contributed by atoms with E-state index in [2.05, 4.69) is 15.5 Å². The van der Waals surface area contributed by atoms with Crippen LogP contribution >= 0.6 is 34.5 Å². The van der Waals surface area contributed by atoms with Crippen LogP contribution in [0.2, 0.25) is 8.67 Å². The van der Waals surface area contributed by atoms with Crippen molar-refractivity contribution in [1.82, 2.24) is 10.2 Å². The normalized spacial score (nSPS) is 10.7. The smallest absolute Gasteiger partial charge is 0.322 e. The van der Waals surface area contributed by atoms with E-state index in [1.54, 1.807) is 12.1 Å². The van der Waals surface area contributed by atoms with Crippen LogP contribution in [0.4, 0.5) is 6.01 Å². The van der Waals surface area contributed by atoms with Crippen molar-refractivity contribution in [3.05, 3.63) is 32.4 Å². The number of benzene rings is 1. The summed E-state index contributed by atoms with van der Waals surface area (Å²) in [6, 6.07) is 4.81. The molecule has 30 heavy (non-hydrogen) atoms. The molecule has 160 valence electrons. The molecule has 0 saturated heterocycles. The fraction of sp³-hybridized carbons (Fsp3) is 0.316. The highest BCUT2D eigenvalue weighted by atomic mass is 35.5. The number of thiophene rings is 1. The maximum atomic E-state index is 12.4. The number of carbonyl (C=O) groups excluding carboxylic acids is 1. The largest absolute Gasteiger partial charge is 0.490 e. The second-order valence-electron chi connectivity index (χ2n) is 5.71. The standard InChI is InChI=1S/C19H19Cl2N3O5S/c1-4-26-12-7-10(8-13(27-5-2)15(12)28-6-3)18-23-24-19(29-18)22-17(25)11-9-14(20)30-16(11)21/h7-9H,4-6H2,1-3H3,(H,22,24,25). The molecule has 0 saturated carbocycles. The predicted molar refractivity (Wildman–Crippen MR) is 116 cm³/mol. The van der Waals surface area contributed by atoms with E-state index in [1.807, 2.05) is 20.8 Å². The molecular formula is C19H19Cl2N3O5S. The molecule has 11 heteroatoms. The third-order valence-corrected chi connectivity index (χ3v) is 5.19. The van der Waals surface area contributed by atoms with E-state index in [0.29, 0.717) is 47.0 Å². The number of nitrogens with one attached hydrogen (secondary N) is 1. The lowest BCUT2D eigenvalue weighted by molar-refractivity contribution is 0.102. The van der Waals surface area contributed by atoms with Gasteiger partial charge in [0, 0.05) is 5.56 Å². The Morgan fingerprint density at radius 3 is 2.20 bits per heavy atom. The number of nitrogens with zero attached hydrogens (tertiary/aromatic N) is 2. The average Bonchev–Trinajstić information content (AvgIpc) is 3.30. The van der Waals surface area contributed by atoms with Gasteiger partial charge in [-0.1, -0.05) is 28.3 Å². The zero-order chi connectivity index (χ0) is 21.7. The lowest BCUT2D eigenvalue weighted by Gasteiger charge is -2.16. The summed E-state index contributed by atoms with van der Waals surface area (Å²) in [5.74, 6) is 1.15. The molecule has 0 radical (unpaired) electrons. The van der Waals surface area contributed by atoms with Crippen LogP contribution in [-0.4, -0.2) is 35.9 Å². The summed E-state index contributed by atoms with van der Waals surface area (Å²) >= 11 is 13.0. The monoisotopic (exact) mass is 471 g/mol. The van der Waals surface area contributed by atoms with Gasteiger partial charge in [-0.2, -0.15) is 0 Å². The van der Waals surface area contributed by atoms with Crippen LogP contribution in [0, 0.1) is 0 Å². The van der Waals surface area contributed by atoms with Gasteiger partial charge in [0.05, 0.1) is 29.7 Å². The summed E-state index contributed by atoms with van der Waals surface area (Å²) < 4.78 is 23.3. The lowest BCUT2D eigenvalue weighted by atomic mass is 10.2. The molecule has 0 spiro atoms. The third kappa shape index (κ3) is 4.97. The highest BCUT2D eigenvalue weighted by Gasteiger charge is 2.20. The molecule has 3 aromatic rings. The van der Waals surface area contributed by atoms with Crippen LogP contribution in [0.15, 0.2) is 22.6 Å². The molecule has 0 unspecified atom stereocenters. The van der Waals surface area contributed by atoms with Crippen molar-refractivity contribution in [3.8, 4) is 28.7 Å². The Labute approximate surface area is 187 Å². The summed E-state index contributed by atoms with van der Waals surface area (Å²) in [6.07, 6.45) is 0. The van der Waals surface area contributed by atoms with Crippen molar-refractivity contribution in [2.75, 3.05) is 25.1 Å². The van der Waals surface area contributed by atoms with Crippen molar-refractivity contribution < 1.29 is 23.4 Å². The number of amides is 1. The van der Waals surface area contributed by atoms with Gasteiger partial charge in [-0.3, -0.25) is 10.1 Å². The Morgan fingerprint density at radius 1 is 1.03 bits per heavy atom. The fourth-order valence-electron chi connectivity index (χ4n) is 2.56. The molecular weight excluding hydrogens is 453 g/mol. The van der Waals surface area contributed by atoms with Gasteiger partial charge in [0.15, 0.2) is 11.5 Å². The van der Waals surface area contributed by atoms with Crippen molar-refractivity contribution in [3.63, 3.8) is 0 Å². The van der Waals surface area contributed by atoms with Crippen LogP contribution in [-0.2, 0) is 0 Å². The summed E-state index contributed by atoms with van der Waals surface area (Å²) in [4.78, 5) is 12.4. The third-order valence-electron chi connectivity index (χ3n) is 3.70. The number of carbonyl (C=O) groups is 1. The quantitative estimate of drug-likeness (QED) is 0.436. The lowest BCUT2D eigenvalue weighted by Crippen LogP contribution is -2.11. The van der Waals surface area contributed by atoms with E-state index in [-0.39, 0.29) is 21.8 Å². The molecule has 2 heterocycles. The minimum atomic E-state index is -0.505. The van der Waals surface area contributed by atoms with Gasteiger partial charge < -0.3 is 18.6 Å². The number of aromatic nitrogens is 2. The molecule has 1 aromatic carbocycles. The minimum Gasteiger partial charge on any atom is -0.490 e. The molecule has 2 aromatic heterocycles. The Hall–Kier alpha value is -2.49. The molecule has 0 atom stereocenters. The summed E-state index contributed by atoms with van der Waals surface area (Å²) in [7, 11) is 0. The van der Waals surface area contributed by atoms with Gasteiger partial charge >= 0.3 is 6.01 Å². The Bertz CT molecular complexity index is 1010. The number of rotatable bonds is 9. The first kappa shape index (κ1) is 22.2. The zero-order valence-corrected chi connectivity index (χ0v) is 18.8. The Morgan fingerprint density at radius 2 is 1.67 bits per heavy atom. The number of halogens is 2. The first-order valence-corrected chi connectivity index (χ1v) is 10.7. The van der Waals surface area contributed by atoms with Gasteiger partial charge in [-0.05, 0) is 39.0 Å². The van der Waals surface area contributed by atoms with Crippen molar-refractivity contribution in [1.29, 1.82) is 0 Å².